The summed E-state index contributed by atoms with van der Waals surface area (Å²) in [6.07, 6.45) is 1.66. The molecule has 0 bridgehead atoms. The van der Waals surface area contributed by atoms with Crippen molar-refractivity contribution < 1.29 is 9.59 Å². The van der Waals surface area contributed by atoms with Crippen LogP contribution in [0.1, 0.15) is 38.8 Å². The van der Waals surface area contributed by atoms with Gasteiger partial charge in [0.15, 0.2) is 0 Å². The van der Waals surface area contributed by atoms with Gasteiger partial charge in [-0.25, -0.2) is 4.98 Å². The third kappa shape index (κ3) is 7.22. The van der Waals surface area contributed by atoms with Crippen LogP contribution >= 0.6 is 23.1 Å². The number of carbonyl (C=O) groups is 2. The Kier molecular flexibility index (Phi) is 9.46. The Morgan fingerprint density at radius 3 is 2.17 bits per heavy atom. The van der Waals surface area contributed by atoms with Crippen molar-refractivity contribution >= 4 is 45.7 Å². The predicted octanol–water partition coefficient (Wildman–Crippen LogP) is 7.72. The van der Waals surface area contributed by atoms with Crippen molar-refractivity contribution in [2.45, 2.75) is 23.4 Å². The molecule has 2 aromatic heterocycles. The van der Waals surface area contributed by atoms with Crippen LogP contribution in [-0.4, -0.2) is 23.3 Å². The first-order valence-electron chi connectivity index (χ1n) is 13.3. The molecular formula is C33H30N4O2S2. The fourth-order valence-electron chi connectivity index (χ4n) is 4.30. The van der Waals surface area contributed by atoms with Crippen LogP contribution in [-0.2, 0) is 12.3 Å². The minimum absolute atomic E-state index is 0.158. The standard InChI is InChI=1S/C33H30N4O2S2/c1-2-34-32-29(31(39)36-21-23-12-6-3-7-13-23)28(33(41-32)40-22-24-14-8-4-9-15-24)26-18-19-35-27(20-26)37-30(38)25-16-10-5-11-17-25/h3-20,34H,2,21-22H2,1H3,(H,36,39)(H,35,37,38). The van der Waals surface area contributed by atoms with Gasteiger partial charge in [0.1, 0.15) is 10.8 Å². The van der Waals surface area contributed by atoms with Crippen molar-refractivity contribution in [2.75, 3.05) is 17.2 Å². The lowest BCUT2D eigenvalue weighted by atomic mass is 10.0. The van der Waals surface area contributed by atoms with Crippen molar-refractivity contribution in [3.8, 4) is 11.1 Å². The molecule has 0 aliphatic carbocycles. The smallest absolute Gasteiger partial charge is 0.256 e. The molecule has 0 spiro atoms. The number of hydrogen-bond donors (Lipinski definition) is 3. The van der Waals surface area contributed by atoms with Gasteiger partial charge in [0, 0.05) is 36.2 Å². The number of thioether (sulfide) groups is 1. The zero-order valence-corrected chi connectivity index (χ0v) is 24.2. The molecule has 6 nitrogen and oxygen atoms in total. The van der Waals surface area contributed by atoms with Crippen molar-refractivity contribution in [3.63, 3.8) is 0 Å². The molecule has 2 heterocycles. The molecule has 0 fully saturated rings. The Labute approximate surface area is 248 Å². The SMILES string of the molecule is CCNc1sc(SCc2ccccc2)c(-c2ccnc(NC(=O)c3ccccc3)c2)c1C(=O)NCc1ccccc1. The summed E-state index contributed by atoms with van der Waals surface area (Å²) < 4.78 is 1.02. The maximum atomic E-state index is 13.8. The molecule has 0 aliphatic heterocycles. The number of aromatic nitrogens is 1. The molecule has 2 amide bonds. The largest absolute Gasteiger partial charge is 0.377 e. The molecule has 3 aromatic carbocycles. The van der Waals surface area contributed by atoms with Gasteiger partial charge in [-0.05, 0) is 47.9 Å². The number of carbonyl (C=O) groups excluding carboxylic acids is 2. The second-order valence-corrected chi connectivity index (χ2v) is 11.5. The molecule has 0 saturated carbocycles. The van der Waals surface area contributed by atoms with Crippen LogP contribution in [0.5, 0.6) is 0 Å². The average molecular weight is 579 g/mol. The number of hydrogen-bond acceptors (Lipinski definition) is 6. The van der Waals surface area contributed by atoms with Crippen molar-refractivity contribution in [1.29, 1.82) is 0 Å². The van der Waals surface area contributed by atoms with Gasteiger partial charge in [-0.2, -0.15) is 0 Å². The minimum atomic E-state index is -0.242. The van der Waals surface area contributed by atoms with Crippen molar-refractivity contribution in [1.82, 2.24) is 10.3 Å². The summed E-state index contributed by atoms with van der Waals surface area (Å²) >= 11 is 3.27. The highest BCUT2D eigenvalue weighted by Gasteiger charge is 2.26. The molecule has 41 heavy (non-hydrogen) atoms. The number of amides is 2. The second kappa shape index (κ2) is 13.8. The van der Waals surface area contributed by atoms with E-state index in [9.17, 15) is 9.59 Å². The van der Waals surface area contributed by atoms with Crippen molar-refractivity contribution in [2.24, 2.45) is 0 Å². The first kappa shape index (κ1) is 28.1. The fraction of sp³-hybridized carbons (Fsp3) is 0.121. The molecule has 5 rings (SSSR count). The van der Waals surface area contributed by atoms with Crippen molar-refractivity contribution in [3.05, 3.63) is 132 Å². The third-order valence-electron chi connectivity index (χ3n) is 6.28. The Morgan fingerprint density at radius 1 is 0.829 bits per heavy atom. The van der Waals surface area contributed by atoms with Crippen LogP contribution in [0.3, 0.4) is 0 Å². The molecule has 0 atom stereocenters. The monoisotopic (exact) mass is 578 g/mol. The van der Waals surface area contributed by atoms with E-state index in [1.54, 1.807) is 41.4 Å². The van der Waals surface area contributed by atoms with Gasteiger partial charge in [-0.3, -0.25) is 9.59 Å². The zero-order valence-electron chi connectivity index (χ0n) is 22.6. The van der Waals surface area contributed by atoms with Gasteiger partial charge in [-0.15, -0.1) is 23.1 Å². The highest BCUT2D eigenvalue weighted by Crippen LogP contribution is 2.46. The molecule has 0 aliphatic rings. The van der Waals surface area contributed by atoms with Crippen LogP contribution < -0.4 is 16.0 Å². The number of nitrogens with one attached hydrogen (secondary N) is 3. The first-order chi connectivity index (χ1) is 20.1. The number of benzene rings is 3. The van der Waals surface area contributed by atoms with Gasteiger partial charge in [0.05, 0.1) is 9.77 Å². The number of pyridine rings is 1. The van der Waals surface area contributed by atoms with E-state index in [-0.39, 0.29) is 11.8 Å². The van der Waals surface area contributed by atoms with Gasteiger partial charge < -0.3 is 16.0 Å². The molecule has 206 valence electrons. The lowest BCUT2D eigenvalue weighted by Gasteiger charge is -2.12. The summed E-state index contributed by atoms with van der Waals surface area (Å²) in [5.41, 5.74) is 5.00. The van der Waals surface area contributed by atoms with Crippen LogP contribution in [0.4, 0.5) is 10.8 Å². The molecular weight excluding hydrogens is 549 g/mol. The van der Waals surface area contributed by atoms with E-state index in [0.29, 0.717) is 30.0 Å². The fourth-order valence-corrected chi connectivity index (χ4v) is 6.84. The Hall–Kier alpha value is -4.40. The molecule has 5 aromatic rings. The van der Waals surface area contributed by atoms with Gasteiger partial charge >= 0.3 is 0 Å². The molecule has 0 unspecified atom stereocenters. The molecule has 8 heteroatoms. The van der Waals surface area contributed by atoms with Gasteiger partial charge in [0.25, 0.3) is 11.8 Å². The predicted molar refractivity (Wildman–Crippen MR) is 170 cm³/mol. The van der Waals surface area contributed by atoms with Crippen LogP contribution in [0, 0.1) is 0 Å². The summed E-state index contributed by atoms with van der Waals surface area (Å²) in [5.74, 6) is 0.776. The zero-order chi connectivity index (χ0) is 28.4. The number of thiophene rings is 1. The van der Waals surface area contributed by atoms with E-state index >= 15 is 0 Å². The first-order valence-corrected chi connectivity index (χ1v) is 15.1. The number of anilines is 2. The molecule has 0 saturated heterocycles. The van der Waals surface area contributed by atoms with Gasteiger partial charge in [0.2, 0.25) is 0 Å². The van der Waals surface area contributed by atoms with Gasteiger partial charge in [-0.1, -0.05) is 78.9 Å². The minimum Gasteiger partial charge on any atom is -0.377 e. The Bertz CT molecular complexity index is 1610. The molecule has 3 N–H and O–H groups in total. The highest BCUT2D eigenvalue weighted by atomic mass is 32.2. The van der Waals surface area contributed by atoms with E-state index in [4.69, 9.17) is 0 Å². The van der Waals surface area contributed by atoms with E-state index in [1.807, 2.05) is 85.8 Å². The summed E-state index contributed by atoms with van der Waals surface area (Å²) in [4.78, 5) is 31.0. The summed E-state index contributed by atoms with van der Waals surface area (Å²) in [6, 6.07) is 32.9. The quantitative estimate of drug-likeness (QED) is 0.140. The average Bonchev–Trinajstić information content (AvgIpc) is 3.38. The van der Waals surface area contributed by atoms with Crippen LogP contribution in [0.25, 0.3) is 11.1 Å². The summed E-state index contributed by atoms with van der Waals surface area (Å²) in [7, 11) is 0. The topological polar surface area (TPSA) is 83.1 Å². The normalized spacial score (nSPS) is 10.7. The van der Waals surface area contributed by atoms with E-state index < -0.39 is 0 Å². The number of nitrogens with zero attached hydrogens (tertiary/aromatic N) is 1. The molecule has 0 radical (unpaired) electrons. The summed E-state index contributed by atoms with van der Waals surface area (Å²) in [6.45, 7) is 3.11. The summed E-state index contributed by atoms with van der Waals surface area (Å²) in [5, 5.41) is 10.2. The van der Waals surface area contributed by atoms with Crippen LogP contribution in [0.15, 0.2) is 114 Å². The maximum absolute atomic E-state index is 13.8. The Morgan fingerprint density at radius 2 is 1.49 bits per heavy atom. The third-order valence-corrected chi connectivity index (χ3v) is 8.76. The maximum Gasteiger partial charge on any atom is 0.256 e. The Balaban J connectivity index is 1.51. The lowest BCUT2D eigenvalue weighted by molar-refractivity contribution is 0.0951. The van der Waals surface area contributed by atoms with E-state index in [1.165, 1.54) is 5.56 Å². The van der Waals surface area contributed by atoms with Crippen LogP contribution in [0.2, 0.25) is 0 Å². The highest BCUT2D eigenvalue weighted by molar-refractivity contribution is 8.00. The lowest BCUT2D eigenvalue weighted by Crippen LogP contribution is -2.24. The van der Waals surface area contributed by atoms with E-state index in [0.717, 1.165) is 31.7 Å². The van der Waals surface area contributed by atoms with E-state index in [2.05, 4.69) is 33.1 Å². The number of rotatable bonds is 11. The second-order valence-electron chi connectivity index (χ2n) is 9.19.